The molecule has 2 N–H and O–H groups in total. The highest BCUT2D eigenvalue weighted by Gasteiger charge is 2.18. The van der Waals surface area contributed by atoms with Crippen LogP contribution in [-0.2, 0) is 0 Å². The predicted molar refractivity (Wildman–Crippen MR) is 104 cm³/mol. The van der Waals surface area contributed by atoms with Gasteiger partial charge in [0.15, 0.2) is 5.96 Å². The van der Waals surface area contributed by atoms with E-state index < -0.39 is 0 Å². The zero-order valence-electron chi connectivity index (χ0n) is 14.2. The van der Waals surface area contributed by atoms with Crippen LogP contribution in [0.5, 0.6) is 0 Å². The third-order valence-corrected chi connectivity index (χ3v) is 4.01. The number of rotatable bonds is 8. The lowest BCUT2D eigenvalue weighted by Gasteiger charge is -2.32. The molecule has 0 spiro atoms. The van der Waals surface area contributed by atoms with Crippen LogP contribution in [0.25, 0.3) is 0 Å². The van der Waals surface area contributed by atoms with Crippen molar-refractivity contribution in [3.63, 3.8) is 0 Å². The number of likely N-dealkylation sites (tertiary alicyclic amines) is 1. The molecule has 5 heteroatoms. The van der Waals surface area contributed by atoms with Gasteiger partial charge in [-0.05, 0) is 32.2 Å². The van der Waals surface area contributed by atoms with Crippen molar-refractivity contribution in [2.75, 3.05) is 33.2 Å². The Hall–Kier alpha value is -0.0400. The van der Waals surface area contributed by atoms with E-state index in [9.17, 15) is 0 Å². The highest BCUT2D eigenvalue weighted by atomic mass is 127. The average molecular weight is 410 g/mol. The number of unbranched alkanes of at least 4 members (excludes halogenated alkanes) is 3. The van der Waals surface area contributed by atoms with Crippen molar-refractivity contribution in [3.8, 4) is 0 Å². The third kappa shape index (κ3) is 9.55. The summed E-state index contributed by atoms with van der Waals surface area (Å²) in [5.41, 5.74) is 0. The minimum absolute atomic E-state index is 0. The first-order chi connectivity index (χ1) is 9.80. The van der Waals surface area contributed by atoms with Crippen LogP contribution in [0.3, 0.4) is 0 Å². The molecule has 1 aliphatic rings. The number of nitrogens with one attached hydrogen (secondary N) is 2. The Bertz CT molecular complexity index is 263. The number of guanidine groups is 1. The second kappa shape index (κ2) is 13.6. The van der Waals surface area contributed by atoms with E-state index in [1.54, 1.807) is 0 Å². The van der Waals surface area contributed by atoms with Crippen LogP contribution in [0.15, 0.2) is 4.99 Å². The first kappa shape index (κ1) is 21.0. The van der Waals surface area contributed by atoms with Gasteiger partial charge in [-0.15, -0.1) is 24.0 Å². The second-order valence-electron chi connectivity index (χ2n) is 5.82. The van der Waals surface area contributed by atoms with Gasteiger partial charge in [0.05, 0.1) is 0 Å². The Kier molecular flexibility index (Phi) is 13.6. The van der Waals surface area contributed by atoms with Crippen LogP contribution in [0, 0.1) is 0 Å². The molecule has 1 aliphatic heterocycles. The number of piperidine rings is 1. The summed E-state index contributed by atoms with van der Waals surface area (Å²) in [4.78, 5) is 6.90. The Labute approximate surface area is 148 Å². The maximum atomic E-state index is 4.34. The lowest BCUT2D eigenvalue weighted by Crippen LogP contribution is -2.48. The van der Waals surface area contributed by atoms with Gasteiger partial charge in [-0.2, -0.15) is 0 Å². The van der Waals surface area contributed by atoms with Crippen molar-refractivity contribution in [1.29, 1.82) is 0 Å². The van der Waals surface area contributed by atoms with Crippen molar-refractivity contribution in [3.05, 3.63) is 0 Å². The van der Waals surface area contributed by atoms with E-state index in [0.717, 1.165) is 12.5 Å². The lowest BCUT2D eigenvalue weighted by molar-refractivity contribution is 0.206. The summed E-state index contributed by atoms with van der Waals surface area (Å²) in [7, 11) is 1.87. The van der Waals surface area contributed by atoms with Crippen molar-refractivity contribution in [2.45, 2.75) is 64.8 Å². The quantitative estimate of drug-likeness (QED) is 0.279. The zero-order chi connectivity index (χ0) is 14.6. The second-order valence-corrected chi connectivity index (χ2v) is 5.82. The molecule has 1 saturated heterocycles. The van der Waals surface area contributed by atoms with Crippen LogP contribution >= 0.6 is 24.0 Å². The summed E-state index contributed by atoms with van der Waals surface area (Å²) < 4.78 is 0. The maximum absolute atomic E-state index is 4.34. The van der Waals surface area contributed by atoms with Gasteiger partial charge < -0.3 is 15.5 Å². The molecule has 0 amide bonds. The van der Waals surface area contributed by atoms with Crippen molar-refractivity contribution >= 4 is 29.9 Å². The van der Waals surface area contributed by atoms with E-state index in [2.05, 4.69) is 34.4 Å². The monoisotopic (exact) mass is 410 g/mol. The fourth-order valence-corrected chi connectivity index (χ4v) is 2.76. The van der Waals surface area contributed by atoms with Crippen LogP contribution < -0.4 is 10.6 Å². The topological polar surface area (TPSA) is 39.7 Å². The maximum Gasteiger partial charge on any atom is 0.191 e. The van der Waals surface area contributed by atoms with Gasteiger partial charge in [-0.3, -0.25) is 4.99 Å². The van der Waals surface area contributed by atoms with Gasteiger partial charge in [-0.1, -0.05) is 33.1 Å². The number of aliphatic imine (C=N–C) groups is 1. The minimum atomic E-state index is 0. The molecule has 1 fully saturated rings. The van der Waals surface area contributed by atoms with Gasteiger partial charge in [-0.25, -0.2) is 0 Å². The molecule has 0 aromatic carbocycles. The Morgan fingerprint density at radius 3 is 2.38 bits per heavy atom. The molecule has 0 saturated carbocycles. The van der Waals surface area contributed by atoms with E-state index in [4.69, 9.17) is 0 Å². The standard InChI is InChI=1S/C16H34N4.HI/c1-4-6-7-8-11-18-16(17-3)19-15-9-13-20(12-5-2)14-10-15;/h15H,4-14H2,1-3H3,(H2,17,18,19);1H. The first-order valence-corrected chi connectivity index (χ1v) is 8.49. The van der Waals surface area contributed by atoms with Crippen LogP contribution in [0.1, 0.15) is 58.8 Å². The molecule has 21 heavy (non-hydrogen) atoms. The predicted octanol–water partition coefficient (Wildman–Crippen LogP) is 3.22. The zero-order valence-corrected chi connectivity index (χ0v) is 16.5. The molecular formula is C16H35IN4. The third-order valence-electron chi connectivity index (χ3n) is 4.01. The van der Waals surface area contributed by atoms with E-state index in [1.165, 1.54) is 64.6 Å². The molecule has 1 rings (SSSR count). The average Bonchev–Trinajstić information content (AvgIpc) is 2.48. The summed E-state index contributed by atoms with van der Waals surface area (Å²) in [6, 6.07) is 0.588. The van der Waals surface area contributed by atoms with E-state index in [0.29, 0.717) is 6.04 Å². The Morgan fingerprint density at radius 2 is 1.81 bits per heavy atom. The minimum Gasteiger partial charge on any atom is -0.356 e. The van der Waals surface area contributed by atoms with Crippen LogP contribution in [0.2, 0.25) is 0 Å². The molecular weight excluding hydrogens is 375 g/mol. The van der Waals surface area contributed by atoms with Gasteiger partial charge in [0.2, 0.25) is 0 Å². The number of hydrogen-bond donors (Lipinski definition) is 2. The molecule has 0 aliphatic carbocycles. The molecule has 0 aromatic heterocycles. The molecule has 0 atom stereocenters. The lowest BCUT2D eigenvalue weighted by atomic mass is 10.1. The van der Waals surface area contributed by atoms with E-state index in [1.807, 2.05) is 7.05 Å². The molecule has 126 valence electrons. The molecule has 4 nitrogen and oxygen atoms in total. The fourth-order valence-electron chi connectivity index (χ4n) is 2.76. The number of hydrogen-bond acceptors (Lipinski definition) is 2. The summed E-state index contributed by atoms with van der Waals surface area (Å²) >= 11 is 0. The fraction of sp³-hybridized carbons (Fsp3) is 0.938. The van der Waals surface area contributed by atoms with Crippen molar-refractivity contribution < 1.29 is 0 Å². The molecule has 0 unspecified atom stereocenters. The van der Waals surface area contributed by atoms with Gasteiger partial charge >= 0.3 is 0 Å². The summed E-state index contributed by atoms with van der Waals surface area (Å²) in [5.74, 6) is 0.982. The van der Waals surface area contributed by atoms with Crippen molar-refractivity contribution in [1.82, 2.24) is 15.5 Å². The molecule has 0 bridgehead atoms. The molecule has 0 aromatic rings. The Morgan fingerprint density at radius 1 is 1.10 bits per heavy atom. The molecule has 1 heterocycles. The Balaban J connectivity index is 0.00000400. The van der Waals surface area contributed by atoms with E-state index in [-0.39, 0.29) is 24.0 Å². The summed E-state index contributed by atoms with van der Waals surface area (Å²) in [6.07, 6.45) is 8.92. The normalized spacial score (nSPS) is 17.4. The van der Waals surface area contributed by atoms with Crippen LogP contribution in [0.4, 0.5) is 0 Å². The van der Waals surface area contributed by atoms with Gasteiger partial charge in [0.25, 0.3) is 0 Å². The number of nitrogens with zero attached hydrogens (tertiary/aromatic N) is 2. The smallest absolute Gasteiger partial charge is 0.191 e. The van der Waals surface area contributed by atoms with Crippen molar-refractivity contribution in [2.24, 2.45) is 4.99 Å². The summed E-state index contributed by atoms with van der Waals surface area (Å²) in [6.45, 7) is 9.23. The van der Waals surface area contributed by atoms with Gasteiger partial charge in [0, 0.05) is 32.7 Å². The number of halogens is 1. The van der Waals surface area contributed by atoms with Gasteiger partial charge in [0.1, 0.15) is 0 Å². The SMILES string of the molecule is CCCCCCNC(=NC)NC1CCN(CCC)CC1.I. The highest BCUT2D eigenvalue weighted by Crippen LogP contribution is 2.10. The highest BCUT2D eigenvalue weighted by molar-refractivity contribution is 14.0. The largest absolute Gasteiger partial charge is 0.356 e. The summed E-state index contributed by atoms with van der Waals surface area (Å²) in [5, 5.41) is 7.01. The first-order valence-electron chi connectivity index (χ1n) is 8.49. The van der Waals surface area contributed by atoms with E-state index >= 15 is 0 Å². The molecule has 0 radical (unpaired) electrons. The van der Waals surface area contributed by atoms with Crippen LogP contribution in [-0.4, -0.2) is 50.1 Å².